The zero-order valence-corrected chi connectivity index (χ0v) is 22.3. The molecule has 1 saturated heterocycles. The van der Waals surface area contributed by atoms with E-state index in [1.54, 1.807) is 20.8 Å². The average molecular weight is 537 g/mol. The molecule has 0 bridgehead atoms. The molecule has 4 rings (SSSR count). The third-order valence-corrected chi connectivity index (χ3v) is 6.23. The number of carbonyl (C=O) groups is 1. The number of hydrogen-bond acceptors (Lipinski definition) is 8. The third-order valence-electron chi connectivity index (χ3n) is 6.23. The zero-order valence-electron chi connectivity index (χ0n) is 22.3. The predicted octanol–water partition coefficient (Wildman–Crippen LogP) is 5.35. The highest BCUT2D eigenvalue weighted by molar-refractivity contribution is 5.71. The second-order valence-corrected chi connectivity index (χ2v) is 10.5. The number of halogens is 1. The minimum Gasteiger partial charge on any atom is -0.444 e. The number of piperidine rings is 1. The highest BCUT2D eigenvalue weighted by Gasteiger charge is 2.36. The molecule has 2 heterocycles. The van der Waals surface area contributed by atoms with E-state index in [2.05, 4.69) is 15.3 Å². The molecular weight excluding hydrogens is 503 g/mol. The number of benzene rings is 2. The van der Waals surface area contributed by atoms with E-state index in [9.17, 15) is 14.9 Å². The van der Waals surface area contributed by atoms with Gasteiger partial charge in [0.2, 0.25) is 11.6 Å². The number of nitro groups is 1. The van der Waals surface area contributed by atoms with Crippen molar-refractivity contribution >= 4 is 23.4 Å². The molecule has 0 aliphatic carbocycles. The summed E-state index contributed by atoms with van der Waals surface area (Å²) in [4.78, 5) is 35.8. The summed E-state index contributed by atoms with van der Waals surface area (Å²) in [5.41, 5.74) is 0.885. The minimum atomic E-state index is -1.48. The van der Waals surface area contributed by atoms with Crippen LogP contribution >= 0.6 is 0 Å². The Bertz CT molecular complexity index is 1230. The number of carbonyl (C=O) groups excluding carboxylic acids is 1. The van der Waals surface area contributed by atoms with E-state index in [0.717, 1.165) is 11.1 Å². The molecule has 3 aromatic rings. The van der Waals surface area contributed by atoms with Crippen LogP contribution in [0.15, 0.2) is 67.0 Å². The molecule has 0 unspecified atom stereocenters. The number of nitrogens with zero attached hydrogens (tertiary/aromatic N) is 5. The van der Waals surface area contributed by atoms with Crippen LogP contribution in [-0.4, -0.2) is 56.8 Å². The summed E-state index contributed by atoms with van der Waals surface area (Å²) in [7, 11) is 0. The Morgan fingerprint density at radius 2 is 1.69 bits per heavy atom. The molecule has 0 saturated carbocycles. The van der Waals surface area contributed by atoms with Crippen molar-refractivity contribution < 1.29 is 18.8 Å². The van der Waals surface area contributed by atoms with Crippen molar-refractivity contribution in [2.75, 3.05) is 23.3 Å². The Kier molecular flexibility index (Phi) is 8.58. The summed E-state index contributed by atoms with van der Waals surface area (Å²) in [5.74, 6) is 0.0706. The summed E-state index contributed by atoms with van der Waals surface area (Å²) >= 11 is 0. The van der Waals surface area contributed by atoms with Crippen molar-refractivity contribution in [2.24, 2.45) is 0 Å². The first-order valence-corrected chi connectivity index (χ1v) is 12.8. The number of amides is 1. The van der Waals surface area contributed by atoms with Crippen LogP contribution in [0.5, 0.6) is 0 Å². The number of alkyl halides is 1. The molecular formula is C28H33FN6O4. The first-order valence-electron chi connectivity index (χ1n) is 12.8. The van der Waals surface area contributed by atoms with Crippen molar-refractivity contribution in [1.82, 2.24) is 14.9 Å². The van der Waals surface area contributed by atoms with E-state index in [4.69, 9.17) is 4.74 Å². The smallest absolute Gasteiger partial charge is 0.410 e. The fourth-order valence-electron chi connectivity index (χ4n) is 4.42. The molecule has 1 aromatic heterocycles. The normalized spacial score (nSPS) is 17.4. The Morgan fingerprint density at radius 1 is 1.10 bits per heavy atom. The maximum absolute atomic E-state index is 15.2. The SMILES string of the molecule is CC(C)(C)OC(=O)N1CC[C@@H](Nc2ncnc(N(Cc3ccccc3)Cc3ccccc3)c2[N+](=O)[O-])[C@H](F)C1. The fourth-order valence-corrected chi connectivity index (χ4v) is 4.42. The van der Waals surface area contributed by atoms with E-state index in [1.807, 2.05) is 65.6 Å². The van der Waals surface area contributed by atoms with E-state index in [1.165, 1.54) is 11.2 Å². The number of likely N-dealkylation sites (tertiary alicyclic amines) is 1. The van der Waals surface area contributed by atoms with Gasteiger partial charge in [-0.1, -0.05) is 60.7 Å². The van der Waals surface area contributed by atoms with Gasteiger partial charge in [-0.25, -0.2) is 19.2 Å². The largest absolute Gasteiger partial charge is 0.444 e. The highest BCUT2D eigenvalue weighted by Crippen LogP contribution is 2.35. The van der Waals surface area contributed by atoms with Gasteiger partial charge < -0.3 is 19.9 Å². The van der Waals surface area contributed by atoms with Crippen molar-refractivity contribution in [3.05, 3.63) is 88.2 Å². The molecule has 10 nitrogen and oxygen atoms in total. The van der Waals surface area contributed by atoms with Gasteiger partial charge in [-0.05, 0) is 38.3 Å². The molecule has 1 aliphatic rings. The molecule has 1 aliphatic heterocycles. The van der Waals surface area contributed by atoms with Gasteiger partial charge in [0.05, 0.1) is 17.5 Å². The average Bonchev–Trinajstić information content (AvgIpc) is 2.89. The van der Waals surface area contributed by atoms with E-state index < -0.39 is 28.8 Å². The van der Waals surface area contributed by atoms with Gasteiger partial charge in [-0.3, -0.25) is 10.1 Å². The zero-order chi connectivity index (χ0) is 28.0. The maximum atomic E-state index is 15.2. The van der Waals surface area contributed by atoms with Gasteiger partial charge in [-0.15, -0.1) is 0 Å². The Morgan fingerprint density at radius 3 is 2.21 bits per heavy atom. The van der Waals surface area contributed by atoms with E-state index >= 15 is 4.39 Å². The standard InChI is InChI=1S/C28H33FN6O4/c1-28(2,3)39-27(36)33-15-14-23(22(29)18-33)32-25-24(35(37)38)26(31-19-30-25)34(16-20-10-6-4-7-11-20)17-21-12-8-5-9-13-21/h4-13,19,22-23H,14-18H2,1-3H3,(H,30,31,32)/t22-,23-/m1/s1. The summed E-state index contributed by atoms with van der Waals surface area (Å²) < 4.78 is 20.6. The van der Waals surface area contributed by atoms with Gasteiger partial charge >= 0.3 is 11.8 Å². The molecule has 206 valence electrons. The second kappa shape index (κ2) is 12.1. The van der Waals surface area contributed by atoms with Gasteiger partial charge in [0, 0.05) is 19.6 Å². The first-order chi connectivity index (χ1) is 18.6. The van der Waals surface area contributed by atoms with E-state index in [-0.39, 0.29) is 36.8 Å². The number of aromatic nitrogens is 2. The van der Waals surface area contributed by atoms with Gasteiger partial charge in [0.1, 0.15) is 18.1 Å². The molecule has 11 heteroatoms. The van der Waals surface area contributed by atoms with E-state index in [0.29, 0.717) is 13.1 Å². The van der Waals surface area contributed by atoms with Crippen LogP contribution in [-0.2, 0) is 17.8 Å². The highest BCUT2D eigenvalue weighted by atomic mass is 19.1. The predicted molar refractivity (Wildman–Crippen MR) is 146 cm³/mol. The Balaban J connectivity index is 1.59. The van der Waals surface area contributed by atoms with Crippen LogP contribution in [0.2, 0.25) is 0 Å². The van der Waals surface area contributed by atoms with Crippen LogP contribution in [0, 0.1) is 10.1 Å². The van der Waals surface area contributed by atoms with Crippen LogP contribution in [0.3, 0.4) is 0 Å². The summed E-state index contributed by atoms with van der Waals surface area (Å²) in [6, 6.07) is 18.4. The molecule has 0 radical (unpaired) electrons. The summed E-state index contributed by atoms with van der Waals surface area (Å²) in [6.07, 6.45) is -0.587. The fraction of sp³-hybridized carbons (Fsp3) is 0.393. The Labute approximate surface area is 227 Å². The van der Waals surface area contributed by atoms with Crippen LogP contribution in [0.25, 0.3) is 0 Å². The number of hydrogen-bond donors (Lipinski definition) is 1. The lowest BCUT2D eigenvalue weighted by Crippen LogP contribution is -2.51. The minimum absolute atomic E-state index is 0.0607. The van der Waals surface area contributed by atoms with Gasteiger partial charge in [0.15, 0.2) is 0 Å². The number of anilines is 2. The number of ether oxygens (including phenoxy) is 1. The number of rotatable bonds is 8. The lowest BCUT2D eigenvalue weighted by molar-refractivity contribution is -0.383. The van der Waals surface area contributed by atoms with Crippen LogP contribution in [0.4, 0.5) is 26.5 Å². The third kappa shape index (κ3) is 7.40. The molecule has 2 atom stereocenters. The van der Waals surface area contributed by atoms with Crippen LogP contribution in [0.1, 0.15) is 38.3 Å². The molecule has 0 spiro atoms. The Hall–Kier alpha value is -4.28. The lowest BCUT2D eigenvalue weighted by Gasteiger charge is -2.36. The lowest BCUT2D eigenvalue weighted by atomic mass is 10.0. The maximum Gasteiger partial charge on any atom is 0.410 e. The molecule has 1 amide bonds. The second-order valence-electron chi connectivity index (χ2n) is 10.5. The van der Waals surface area contributed by atoms with Crippen molar-refractivity contribution in [2.45, 2.75) is 58.1 Å². The first kappa shape index (κ1) is 27.7. The van der Waals surface area contributed by atoms with Gasteiger partial charge in [-0.2, -0.15) is 0 Å². The van der Waals surface area contributed by atoms with Crippen molar-refractivity contribution in [1.29, 1.82) is 0 Å². The molecule has 2 aromatic carbocycles. The molecule has 1 N–H and O–H groups in total. The van der Waals surface area contributed by atoms with Gasteiger partial charge in [0.25, 0.3) is 0 Å². The van der Waals surface area contributed by atoms with Crippen molar-refractivity contribution in [3.8, 4) is 0 Å². The number of nitrogens with one attached hydrogen (secondary N) is 1. The monoisotopic (exact) mass is 536 g/mol. The van der Waals surface area contributed by atoms with Crippen LogP contribution < -0.4 is 10.2 Å². The molecule has 1 fully saturated rings. The molecule has 39 heavy (non-hydrogen) atoms. The quantitative estimate of drug-likeness (QED) is 0.303. The summed E-state index contributed by atoms with van der Waals surface area (Å²) in [6.45, 7) is 6.03. The topological polar surface area (TPSA) is 114 Å². The summed E-state index contributed by atoms with van der Waals surface area (Å²) in [5, 5.41) is 15.3. The van der Waals surface area contributed by atoms with Crippen molar-refractivity contribution in [3.63, 3.8) is 0 Å².